The molecule has 1 heterocycles. The predicted molar refractivity (Wildman–Crippen MR) is 92.7 cm³/mol. The van der Waals surface area contributed by atoms with Gasteiger partial charge >= 0.3 is 0 Å². The number of carbonyl (C=O) groups is 1. The standard InChI is InChI=1S/C17H20N2O2S/c1-2-3-4-11-16(18-21)22-13-17(20)19-12-7-9-14-8-5-6-10-15(14)19/h2-6,8,10-11,21H,7,9,12-13H2,1H3/b3-2-,11-4-,18-16-. The molecule has 1 N–H and O–H groups in total. The highest BCUT2D eigenvalue weighted by atomic mass is 32.2. The smallest absolute Gasteiger partial charge is 0.237 e. The topological polar surface area (TPSA) is 52.9 Å². The number of anilines is 1. The lowest BCUT2D eigenvalue weighted by molar-refractivity contribution is -0.116. The van der Waals surface area contributed by atoms with E-state index < -0.39 is 0 Å². The number of para-hydroxylation sites is 1. The number of aryl methyl sites for hydroxylation is 1. The number of hydrogen-bond acceptors (Lipinski definition) is 4. The molecule has 116 valence electrons. The lowest BCUT2D eigenvalue weighted by Gasteiger charge is -2.29. The Morgan fingerprint density at radius 2 is 2.23 bits per heavy atom. The van der Waals surface area contributed by atoms with Crippen LogP contribution in [0.1, 0.15) is 18.9 Å². The van der Waals surface area contributed by atoms with Crippen LogP contribution in [0.15, 0.2) is 53.7 Å². The Hall–Kier alpha value is -2.01. The van der Waals surface area contributed by atoms with Crippen LogP contribution in [-0.4, -0.2) is 28.5 Å². The van der Waals surface area contributed by atoms with Crippen LogP contribution in [-0.2, 0) is 11.2 Å². The summed E-state index contributed by atoms with van der Waals surface area (Å²) in [6, 6.07) is 8.02. The molecule has 1 aliphatic rings. The van der Waals surface area contributed by atoms with Crippen LogP contribution in [0.3, 0.4) is 0 Å². The number of carbonyl (C=O) groups excluding carboxylic acids is 1. The van der Waals surface area contributed by atoms with E-state index in [9.17, 15) is 4.79 Å². The molecule has 1 aromatic carbocycles. The SMILES string of the molecule is C\C=C/C=C\C(=N\O)SCC(=O)N1CCCc2ccccc21. The number of rotatable bonds is 4. The van der Waals surface area contributed by atoms with Crippen LogP contribution in [0.4, 0.5) is 5.69 Å². The molecule has 0 bridgehead atoms. The molecule has 1 amide bonds. The van der Waals surface area contributed by atoms with E-state index in [0.29, 0.717) is 5.04 Å². The van der Waals surface area contributed by atoms with E-state index in [-0.39, 0.29) is 11.7 Å². The Bertz CT molecular complexity index is 608. The zero-order valence-electron chi connectivity index (χ0n) is 12.6. The van der Waals surface area contributed by atoms with Crippen molar-refractivity contribution in [2.45, 2.75) is 19.8 Å². The summed E-state index contributed by atoms with van der Waals surface area (Å²) < 4.78 is 0. The Balaban J connectivity index is 1.99. The van der Waals surface area contributed by atoms with Crippen molar-refractivity contribution in [3.05, 3.63) is 54.1 Å². The van der Waals surface area contributed by atoms with Gasteiger partial charge in [-0.2, -0.15) is 0 Å². The summed E-state index contributed by atoms with van der Waals surface area (Å²) in [6.45, 7) is 2.65. The molecule has 22 heavy (non-hydrogen) atoms. The number of benzene rings is 1. The molecule has 0 atom stereocenters. The van der Waals surface area contributed by atoms with Crippen molar-refractivity contribution in [1.29, 1.82) is 0 Å². The quantitative estimate of drug-likeness (QED) is 0.303. The average Bonchev–Trinajstić information content (AvgIpc) is 2.57. The third-order valence-electron chi connectivity index (χ3n) is 3.40. The van der Waals surface area contributed by atoms with E-state index in [0.717, 1.165) is 25.1 Å². The molecule has 2 rings (SSSR count). The zero-order valence-corrected chi connectivity index (χ0v) is 13.4. The fourth-order valence-corrected chi connectivity index (χ4v) is 3.03. The van der Waals surface area contributed by atoms with Crippen molar-refractivity contribution >= 4 is 28.4 Å². The minimum Gasteiger partial charge on any atom is -0.410 e. The molecule has 5 heteroatoms. The Labute approximate surface area is 135 Å². The second-order valence-corrected chi connectivity index (χ2v) is 5.89. The van der Waals surface area contributed by atoms with Crippen molar-refractivity contribution < 1.29 is 10.0 Å². The second kappa shape index (κ2) is 8.44. The predicted octanol–water partition coefficient (Wildman–Crippen LogP) is 3.62. The molecule has 0 saturated carbocycles. The first-order valence-electron chi connectivity index (χ1n) is 7.28. The van der Waals surface area contributed by atoms with Crippen LogP contribution in [0.25, 0.3) is 0 Å². The maximum atomic E-state index is 12.4. The van der Waals surface area contributed by atoms with Crippen LogP contribution in [0.2, 0.25) is 0 Å². The normalized spacial score (nSPS) is 15.5. The van der Waals surface area contributed by atoms with Gasteiger partial charge in [-0.05, 0) is 37.5 Å². The highest BCUT2D eigenvalue weighted by Gasteiger charge is 2.22. The van der Waals surface area contributed by atoms with E-state index in [2.05, 4.69) is 11.2 Å². The Morgan fingerprint density at radius 3 is 3.00 bits per heavy atom. The van der Waals surface area contributed by atoms with Crippen molar-refractivity contribution in [2.75, 3.05) is 17.2 Å². The molecule has 4 nitrogen and oxygen atoms in total. The van der Waals surface area contributed by atoms with E-state index >= 15 is 0 Å². The van der Waals surface area contributed by atoms with Gasteiger partial charge in [0.15, 0.2) is 0 Å². The van der Waals surface area contributed by atoms with E-state index in [4.69, 9.17) is 5.21 Å². The maximum Gasteiger partial charge on any atom is 0.237 e. The lowest BCUT2D eigenvalue weighted by Crippen LogP contribution is -2.36. The first-order chi connectivity index (χ1) is 10.8. The zero-order chi connectivity index (χ0) is 15.8. The van der Waals surface area contributed by atoms with Crippen molar-refractivity contribution in [2.24, 2.45) is 5.16 Å². The van der Waals surface area contributed by atoms with Gasteiger partial charge in [0.1, 0.15) is 5.04 Å². The molecule has 0 aromatic heterocycles. The molecular weight excluding hydrogens is 296 g/mol. The molecular formula is C17H20N2O2S. The number of amides is 1. The summed E-state index contributed by atoms with van der Waals surface area (Å²) in [5.74, 6) is 0.297. The molecule has 0 saturated heterocycles. The van der Waals surface area contributed by atoms with Gasteiger partial charge in [-0.1, -0.05) is 53.3 Å². The second-order valence-electron chi connectivity index (χ2n) is 4.89. The summed E-state index contributed by atoms with van der Waals surface area (Å²) in [7, 11) is 0. The van der Waals surface area contributed by atoms with Crippen molar-refractivity contribution in [1.82, 2.24) is 0 Å². The van der Waals surface area contributed by atoms with Crippen molar-refractivity contribution in [3.8, 4) is 0 Å². The van der Waals surface area contributed by atoms with E-state index in [1.54, 1.807) is 12.2 Å². The summed E-state index contributed by atoms with van der Waals surface area (Å²) >= 11 is 1.24. The highest BCUT2D eigenvalue weighted by Crippen LogP contribution is 2.27. The summed E-state index contributed by atoms with van der Waals surface area (Å²) in [5.41, 5.74) is 2.22. The van der Waals surface area contributed by atoms with Gasteiger partial charge in [0.2, 0.25) is 5.91 Å². The number of oxime groups is 1. The number of fused-ring (bicyclic) bond motifs is 1. The van der Waals surface area contributed by atoms with Gasteiger partial charge in [0, 0.05) is 12.2 Å². The van der Waals surface area contributed by atoms with Crippen LogP contribution in [0.5, 0.6) is 0 Å². The summed E-state index contributed by atoms with van der Waals surface area (Å²) in [5, 5.41) is 12.6. The Kier molecular flexibility index (Phi) is 6.27. The first kappa shape index (κ1) is 16.4. The fourth-order valence-electron chi connectivity index (χ4n) is 2.37. The van der Waals surface area contributed by atoms with Crippen LogP contribution < -0.4 is 4.90 Å². The van der Waals surface area contributed by atoms with Crippen LogP contribution >= 0.6 is 11.8 Å². The average molecular weight is 316 g/mol. The van der Waals surface area contributed by atoms with E-state index in [1.165, 1.54) is 17.3 Å². The summed E-state index contributed by atoms with van der Waals surface area (Å²) in [6.07, 6.45) is 9.18. The minimum absolute atomic E-state index is 0.0396. The van der Waals surface area contributed by atoms with Gasteiger partial charge in [-0.3, -0.25) is 4.79 Å². The number of nitrogens with zero attached hydrogens (tertiary/aromatic N) is 2. The molecule has 0 aliphatic carbocycles. The van der Waals surface area contributed by atoms with Gasteiger partial charge < -0.3 is 10.1 Å². The lowest BCUT2D eigenvalue weighted by atomic mass is 10.0. The van der Waals surface area contributed by atoms with Crippen LogP contribution in [0, 0.1) is 0 Å². The molecule has 1 aliphatic heterocycles. The number of thioether (sulfide) groups is 1. The number of allylic oxidation sites excluding steroid dienone is 3. The van der Waals surface area contributed by atoms with Gasteiger partial charge in [0.05, 0.1) is 5.75 Å². The van der Waals surface area contributed by atoms with Crippen molar-refractivity contribution in [3.63, 3.8) is 0 Å². The summed E-state index contributed by atoms with van der Waals surface area (Å²) in [4.78, 5) is 14.3. The van der Waals surface area contributed by atoms with Gasteiger partial charge in [-0.25, -0.2) is 0 Å². The minimum atomic E-state index is 0.0396. The third-order valence-corrected chi connectivity index (χ3v) is 4.30. The third kappa shape index (κ3) is 4.24. The monoisotopic (exact) mass is 316 g/mol. The largest absolute Gasteiger partial charge is 0.410 e. The fraction of sp³-hybridized carbons (Fsp3) is 0.294. The molecule has 0 radical (unpaired) electrons. The van der Waals surface area contributed by atoms with E-state index in [1.807, 2.05) is 42.2 Å². The Morgan fingerprint density at radius 1 is 1.41 bits per heavy atom. The molecule has 0 fully saturated rings. The molecule has 0 spiro atoms. The van der Waals surface area contributed by atoms with Gasteiger partial charge in [-0.15, -0.1) is 0 Å². The molecule has 0 unspecified atom stereocenters. The van der Waals surface area contributed by atoms with Gasteiger partial charge in [0.25, 0.3) is 0 Å². The maximum absolute atomic E-state index is 12.4. The first-order valence-corrected chi connectivity index (χ1v) is 8.27. The highest BCUT2D eigenvalue weighted by molar-refractivity contribution is 8.14. The molecule has 1 aromatic rings. The number of hydrogen-bond donors (Lipinski definition) is 1.